The summed E-state index contributed by atoms with van der Waals surface area (Å²) in [6.07, 6.45) is 3.87. The highest BCUT2D eigenvalue weighted by atomic mass is 15.2. The molecule has 3 nitrogen and oxygen atoms in total. The molecule has 0 amide bonds. The minimum absolute atomic E-state index is 0.679. The van der Waals surface area contributed by atoms with E-state index in [2.05, 4.69) is 29.9 Å². The lowest BCUT2D eigenvalue weighted by Gasteiger charge is -2.20. The molecule has 0 bridgehead atoms. The van der Waals surface area contributed by atoms with Crippen LogP contribution in [0, 0.1) is 0 Å². The van der Waals surface area contributed by atoms with Gasteiger partial charge in [-0.2, -0.15) is 0 Å². The molecular weight excluding hydrogens is 174 g/mol. The van der Waals surface area contributed by atoms with Crippen LogP contribution in [0.3, 0.4) is 0 Å². The van der Waals surface area contributed by atoms with Crippen molar-refractivity contribution in [3.8, 4) is 0 Å². The van der Waals surface area contributed by atoms with Gasteiger partial charge in [-0.3, -0.25) is 0 Å². The van der Waals surface area contributed by atoms with Gasteiger partial charge in [0.25, 0.3) is 0 Å². The molecule has 0 radical (unpaired) electrons. The van der Waals surface area contributed by atoms with Crippen LogP contribution in [0.25, 0.3) is 0 Å². The van der Waals surface area contributed by atoms with Crippen LogP contribution in [0.2, 0.25) is 0 Å². The summed E-state index contributed by atoms with van der Waals surface area (Å²) in [7, 11) is 2.08. The second-order valence-corrected chi connectivity index (χ2v) is 3.45. The lowest BCUT2D eigenvalue weighted by atomic mass is 10.2. The first-order chi connectivity index (χ1) is 6.79. The van der Waals surface area contributed by atoms with E-state index < -0.39 is 0 Å². The summed E-state index contributed by atoms with van der Waals surface area (Å²) >= 11 is 0. The smallest absolute Gasteiger partial charge is 0.131 e. The van der Waals surface area contributed by atoms with Crippen molar-refractivity contribution < 1.29 is 0 Å². The highest BCUT2D eigenvalue weighted by Gasteiger charge is 2.06. The third-order valence-electron chi connectivity index (χ3n) is 2.20. The summed E-state index contributed by atoms with van der Waals surface area (Å²) in [5.41, 5.74) is 6.80. The summed E-state index contributed by atoms with van der Waals surface area (Å²) in [6, 6.07) is 4.07. The Morgan fingerprint density at radius 2 is 2.29 bits per heavy atom. The van der Waals surface area contributed by atoms with Gasteiger partial charge in [-0.15, -0.1) is 0 Å². The maximum Gasteiger partial charge on any atom is 0.131 e. The number of nitrogens with two attached hydrogens (primary N) is 1. The maximum atomic E-state index is 5.56. The molecule has 0 atom stereocenters. The van der Waals surface area contributed by atoms with Gasteiger partial charge in [-0.1, -0.05) is 13.0 Å². The molecule has 78 valence electrons. The van der Waals surface area contributed by atoms with Gasteiger partial charge in [0.15, 0.2) is 0 Å². The number of hydrogen-bond donors (Lipinski definition) is 1. The van der Waals surface area contributed by atoms with Crippen molar-refractivity contribution in [3.05, 3.63) is 23.9 Å². The van der Waals surface area contributed by atoms with E-state index in [-0.39, 0.29) is 0 Å². The molecule has 0 saturated heterocycles. The van der Waals surface area contributed by atoms with Gasteiger partial charge in [-0.25, -0.2) is 4.98 Å². The van der Waals surface area contributed by atoms with Crippen LogP contribution in [0.5, 0.6) is 0 Å². The molecule has 1 heterocycles. The SMILES string of the molecule is CCCN(C)c1ncccc1CCN. The fourth-order valence-corrected chi connectivity index (χ4v) is 1.57. The van der Waals surface area contributed by atoms with Crippen LogP contribution in [0.1, 0.15) is 18.9 Å². The van der Waals surface area contributed by atoms with Gasteiger partial charge in [0.05, 0.1) is 0 Å². The van der Waals surface area contributed by atoms with Crippen molar-refractivity contribution >= 4 is 5.82 Å². The molecule has 1 rings (SSSR count). The Bertz CT molecular complexity index is 273. The Morgan fingerprint density at radius 1 is 1.50 bits per heavy atom. The zero-order valence-electron chi connectivity index (χ0n) is 9.03. The summed E-state index contributed by atoms with van der Waals surface area (Å²) in [5, 5.41) is 0. The lowest BCUT2D eigenvalue weighted by molar-refractivity contribution is 0.823. The zero-order chi connectivity index (χ0) is 10.4. The Balaban J connectivity index is 2.82. The van der Waals surface area contributed by atoms with Crippen molar-refractivity contribution in [3.63, 3.8) is 0 Å². The number of hydrogen-bond acceptors (Lipinski definition) is 3. The van der Waals surface area contributed by atoms with Gasteiger partial charge in [0.1, 0.15) is 5.82 Å². The third-order valence-corrected chi connectivity index (χ3v) is 2.20. The average Bonchev–Trinajstić information content (AvgIpc) is 2.19. The van der Waals surface area contributed by atoms with Gasteiger partial charge >= 0.3 is 0 Å². The number of rotatable bonds is 5. The van der Waals surface area contributed by atoms with Crippen LogP contribution < -0.4 is 10.6 Å². The number of nitrogens with zero attached hydrogens (tertiary/aromatic N) is 2. The monoisotopic (exact) mass is 193 g/mol. The zero-order valence-corrected chi connectivity index (χ0v) is 9.03. The van der Waals surface area contributed by atoms with E-state index in [4.69, 9.17) is 5.73 Å². The Labute approximate surface area is 85.9 Å². The molecule has 0 aliphatic rings. The van der Waals surface area contributed by atoms with Crippen molar-refractivity contribution in [2.45, 2.75) is 19.8 Å². The first-order valence-corrected chi connectivity index (χ1v) is 5.14. The minimum Gasteiger partial charge on any atom is -0.359 e. The standard InChI is InChI=1S/C11H19N3/c1-3-9-14(2)11-10(6-7-12)5-4-8-13-11/h4-5,8H,3,6-7,9,12H2,1-2H3. The molecule has 0 spiro atoms. The van der Waals surface area contributed by atoms with Gasteiger partial charge in [-0.05, 0) is 31.0 Å². The van der Waals surface area contributed by atoms with Gasteiger partial charge in [0.2, 0.25) is 0 Å². The first-order valence-electron chi connectivity index (χ1n) is 5.14. The van der Waals surface area contributed by atoms with Crippen LogP contribution >= 0.6 is 0 Å². The molecular formula is C11H19N3. The molecule has 2 N–H and O–H groups in total. The van der Waals surface area contributed by atoms with Gasteiger partial charge in [0, 0.05) is 19.8 Å². The number of pyridine rings is 1. The van der Waals surface area contributed by atoms with Crippen molar-refractivity contribution in [2.24, 2.45) is 5.73 Å². The maximum absolute atomic E-state index is 5.56. The molecule has 0 aliphatic carbocycles. The predicted octanol–water partition coefficient (Wildman–Crippen LogP) is 1.43. The molecule has 0 saturated carbocycles. The molecule has 14 heavy (non-hydrogen) atoms. The largest absolute Gasteiger partial charge is 0.359 e. The van der Waals surface area contributed by atoms with E-state index in [0.717, 1.165) is 25.2 Å². The van der Waals surface area contributed by atoms with Crippen LogP contribution in [-0.4, -0.2) is 25.1 Å². The van der Waals surface area contributed by atoms with E-state index >= 15 is 0 Å². The minimum atomic E-state index is 0.679. The van der Waals surface area contributed by atoms with Crippen molar-refractivity contribution in [1.82, 2.24) is 4.98 Å². The van der Waals surface area contributed by atoms with E-state index in [1.807, 2.05) is 12.3 Å². The van der Waals surface area contributed by atoms with E-state index in [1.54, 1.807) is 0 Å². The van der Waals surface area contributed by atoms with E-state index in [9.17, 15) is 0 Å². The Morgan fingerprint density at radius 3 is 2.93 bits per heavy atom. The summed E-state index contributed by atoms with van der Waals surface area (Å²) in [6.45, 7) is 3.88. The molecule has 1 aromatic heterocycles. The molecule has 0 aliphatic heterocycles. The van der Waals surface area contributed by atoms with E-state index in [0.29, 0.717) is 6.54 Å². The second kappa shape index (κ2) is 5.60. The van der Waals surface area contributed by atoms with E-state index in [1.165, 1.54) is 5.56 Å². The highest BCUT2D eigenvalue weighted by Crippen LogP contribution is 2.15. The number of anilines is 1. The Hall–Kier alpha value is -1.09. The van der Waals surface area contributed by atoms with Crippen molar-refractivity contribution in [2.75, 3.05) is 25.0 Å². The molecule has 3 heteroatoms. The molecule has 0 unspecified atom stereocenters. The quantitative estimate of drug-likeness (QED) is 0.769. The Kier molecular flexibility index (Phi) is 4.40. The van der Waals surface area contributed by atoms with Crippen molar-refractivity contribution in [1.29, 1.82) is 0 Å². The fourth-order valence-electron chi connectivity index (χ4n) is 1.57. The molecule has 0 fully saturated rings. The summed E-state index contributed by atoms with van der Waals surface area (Å²) in [5.74, 6) is 1.07. The fraction of sp³-hybridized carbons (Fsp3) is 0.545. The summed E-state index contributed by atoms with van der Waals surface area (Å²) in [4.78, 5) is 6.57. The van der Waals surface area contributed by atoms with Crippen LogP contribution in [0.15, 0.2) is 18.3 Å². The first kappa shape index (κ1) is 11.0. The van der Waals surface area contributed by atoms with Crippen LogP contribution in [-0.2, 0) is 6.42 Å². The highest BCUT2D eigenvalue weighted by molar-refractivity contribution is 5.45. The average molecular weight is 193 g/mol. The topological polar surface area (TPSA) is 42.2 Å². The van der Waals surface area contributed by atoms with Gasteiger partial charge < -0.3 is 10.6 Å². The normalized spacial score (nSPS) is 10.2. The van der Waals surface area contributed by atoms with Crippen LogP contribution in [0.4, 0.5) is 5.82 Å². The molecule has 1 aromatic rings. The lowest BCUT2D eigenvalue weighted by Crippen LogP contribution is -2.21. The second-order valence-electron chi connectivity index (χ2n) is 3.45. The third kappa shape index (κ3) is 2.70. The number of aromatic nitrogens is 1. The predicted molar refractivity (Wildman–Crippen MR) is 60.6 cm³/mol. The molecule has 0 aromatic carbocycles. The summed E-state index contributed by atoms with van der Waals surface area (Å²) < 4.78 is 0.